The fourth-order valence-electron chi connectivity index (χ4n) is 2.75. The van der Waals surface area contributed by atoms with E-state index in [1.807, 2.05) is 26.8 Å². The van der Waals surface area contributed by atoms with Crippen LogP contribution >= 0.6 is 0 Å². The Morgan fingerprint density at radius 2 is 2.05 bits per heavy atom. The van der Waals surface area contributed by atoms with Gasteiger partial charge in [-0.2, -0.15) is 0 Å². The number of nitrogens with one attached hydrogen (secondary N) is 1. The number of phenols is 1. The highest BCUT2D eigenvalue weighted by molar-refractivity contribution is 5.71. The van der Waals surface area contributed by atoms with Crippen molar-refractivity contribution in [3.63, 3.8) is 0 Å². The maximum Gasteiger partial charge on any atom is 0.307 e. The van der Waals surface area contributed by atoms with E-state index in [2.05, 4.69) is 5.32 Å². The van der Waals surface area contributed by atoms with Crippen molar-refractivity contribution in [2.24, 2.45) is 5.92 Å². The van der Waals surface area contributed by atoms with E-state index in [4.69, 9.17) is 9.84 Å². The molecule has 0 amide bonds. The molecule has 1 saturated heterocycles. The number of ether oxygens (including phenoxy) is 1. The maximum absolute atomic E-state index is 11.1. The average Bonchev–Trinajstić information content (AvgIpc) is 2.87. The number of rotatable bonds is 3. The summed E-state index contributed by atoms with van der Waals surface area (Å²) in [4.78, 5) is 11.1. The molecule has 116 valence electrons. The molecule has 0 aromatic heterocycles. The molecule has 1 heterocycles. The minimum absolute atomic E-state index is 0.165. The third-order valence-corrected chi connectivity index (χ3v) is 4.01. The Balaban J connectivity index is 2.42. The molecule has 1 aromatic rings. The van der Waals surface area contributed by atoms with Crippen LogP contribution in [0.25, 0.3) is 0 Å². The van der Waals surface area contributed by atoms with Gasteiger partial charge < -0.3 is 20.3 Å². The highest BCUT2D eigenvalue weighted by atomic mass is 16.5. The molecule has 0 saturated carbocycles. The highest BCUT2D eigenvalue weighted by Gasteiger charge is 2.33. The van der Waals surface area contributed by atoms with E-state index in [-0.39, 0.29) is 17.2 Å². The second-order valence-corrected chi connectivity index (χ2v) is 6.59. The normalized spacial score (nSPS) is 22.3. The van der Waals surface area contributed by atoms with E-state index < -0.39 is 11.9 Å². The van der Waals surface area contributed by atoms with Gasteiger partial charge in [0.15, 0.2) is 0 Å². The molecule has 0 spiro atoms. The number of phenolic OH excluding ortho intramolecular Hbond substituents is 1. The molecule has 1 fully saturated rings. The number of aromatic hydroxyl groups is 1. The molecule has 0 bridgehead atoms. The van der Waals surface area contributed by atoms with Crippen molar-refractivity contribution in [2.75, 3.05) is 13.7 Å². The Bertz CT molecular complexity index is 548. The van der Waals surface area contributed by atoms with E-state index in [0.29, 0.717) is 24.3 Å². The molecule has 2 unspecified atom stereocenters. The zero-order valence-corrected chi connectivity index (χ0v) is 12.9. The summed E-state index contributed by atoms with van der Waals surface area (Å²) in [6, 6.07) is 3.46. The van der Waals surface area contributed by atoms with Gasteiger partial charge >= 0.3 is 5.97 Å². The van der Waals surface area contributed by atoms with E-state index in [0.717, 1.165) is 5.56 Å². The minimum atomic E-state index is -0.802. The molecule has 5 heteroatoms. The van der Waals surface area contributed by atoms with E-state index >= 15 is 0 Å². The van der Waals surface area contributed by atoms with Gasteiger partial charge in [-0.15, -0.1) is 0 Å². The van der Waals surface area contributed by atoms with Crippen LogP contribution in [0, 0.1) is 5.92 Å². The largest absolute Gasteiger partial charge is 0.507 e. The first kappa shape index (κ1) is 15.6. The molecule has 1 aliphatic heterocycles. The monoisotopic (exact) mass is 293 g/mol. The lowest BCUT2D eigenvalue weighted by Gasteiger charge is -2.25. The van der Waals surface area contributed by atoms with Gasteiger partial charge in [0.25, 0.3) is 0 Å². The topological polar surface area (TPSA) is 78.8 Å². The lowest BCUT2D eigenvalue weighted by molar-refractivity contribution is -0.141. The number of hydrogen-bond acceptors (Lipinski definition) is 4. The van der Waals surface area contributed by atoms with Crippen LogP contribution in [0.3, 0.4) is 0 Å². The van der Waals surface area contributed by atoms with Gasteiger partial charge in [0.05, 0.1) is 13.0 Å². The Kier molecular flexibility index (Phi) is 4.14. The fourth-order valence-corrected chi connectivity index (χ4v) is 2.75. The number of carboxylic acid groups (broad SMARTS) is 1. The summed E-state index contributed by atoms with van der Waals surface area (Å²) >= 11 is 0. The van der Waals surface area contributed by atoms with Crippen molar-refractivity contribution in [3.8, 4) is 11.5 Å². The Labute approximate surface area is 124 Å². The third kappa shape index (κ3) is 3.13. The van der Waals surface area contributed by atoms with Crippen molar-refractivity contribution in [3.05, 3.63) is 23.3 Å². The molecular formula is C16H23NO4. The predicted molar refractivity (Wildman–Crippen MR) is 79.8 cm³/mol. The number of aliphatic carboxylic acids is 1. The molecule has 0 radical (unpaired) electrons. The zero-order valence-electron chi connectivity index (χ0n) is 12.9. The summed E-state index contributed by atoms with van der Waals surface area (Å²) in [5.74, 6) is -0.317. The molecule has 1 aromatic carbocycles. The summed E-state index contributed by atoms with van der Waals surface area (Å²) in [6.07, 6.45) is 0.472. The summed E-state index contributed by atoms with van der Waals surface area (Å²) in [7, 11) is 1.59. The Morgan fingerprint density at radius 1 is 1.38 bits per heavy atom. The molecule has 2 atom stereocenters. The van der Waals surface area contributed by atoms with Crippen LogP contribution in [0.5, 0.6) is 11.5 Å². The van der Waals surface area contributed by atoms with Crippen molar-refractivity contribution in [2.45, 2.75) is 38.6 Å². The zero-order chi connectivity index (χ0) is 15.8. The number of hydrogen-bond donors (Lipinski definition) is 3. The summed E-state index contributed by atoms with van der Waals surface area (Å²) in [5, 5.41) is 22.9. The second-order valence-electron chi connectivity index (χ2n) is 6.59. The number of carboxylic acids is 1. The van der Waals surface area contributed by atoms with Crippen LogP contribution in [0.15, 0.2) is 12.1 Å². The molecule has 2 rings (SSSR count). The van der Waals surface area contributed by atoms with Crippen LogP contribution in [0.1, 0.15) is 44.4 Å². The number of benzene rings is 1. The first-order valence-electron chi connectivity index (χ1n) is 7.11. The van der Waals surface area contributed by atoms with Gasteiger partial charge in [0.1, 0.15) is 11.5 Å². The van der Waals surface area contributed by atoms with E-state index in [9.17, 15) is 9.90 Å². The van der Waals surface area contributed by atoms with Crippen molar-refractivity contribution in [1.29, 1.82) is 0 Å². The third-order valence-electron chi connectivity index (χ3n) is 4.01. The molecule has 1 aliphatic rings. The predicted octanol–water partition coefficient (Wildman–Crippen LogP) is 2.43. The van der Waals surface area contributed by atoms with Gasteiger partial charge in [-0.25, -0.2) is 0 Å². The number of carbonyl (C=O) groups is 1. The SMILES string of the molecule is COc1cc(C2CC(C(=O)O)CN2)c(O)c(C(C)(C)C)c1. The van der Waals surface area contributed by atoms with Crippen LogP contribution in [0.4, 0.5) is 0 Å². The van der Waals surface area contributed by atoms with E-state index in [1.54, 1.807) is 13.2 Å². The van der Waals surface area contributed by atoms with Crippen molar-refractivity contribution >= 4 is 5.97 Å². The molecule has 21 heavy (non-hydrogen) atoms. The lowest BCUT2D eigenvalue weighted by atomic mass is 9.83. The van der Waals surface area contributed by atoms with Gasteiger partial charge in [-0.1, -0.05) is 20.8 Å². The van der Waals surface area contributed by atoms with Gasteiger partial charge in [0.2, 0.25) is 0 Å². The first-order valence-corrected chi connectivity index (χ1v) is 7.11. The number of methoxy groups -OCH3 is 1. The van der Waals surface area contributed by atoms with Gasteiger partial charge in [-0.05, 0) is 24.0 Å². The quantitative estimate of drug-likeness (QED) is 0.797. The van der Waals surface area contributed by atoms with Gasteiger partial charge in [-0.3, -0.25) is 4.79 Å². The van der Waals surface area contributed by atoms with Crippen molar-refractivity contribution in [1.82, 2.24) is 5.32 Å². The van der Waals surface area contributed by atoms with E-state index in [1.165, 1.54) is 0 Å². The summed E-state index contributed by atoms with van der Waals surface area (Å²) in [6.45, 7) is 6.48. The fraction of sp³-hybridized carbons (Fsp3) is 0.562. The second kappa shape index (κ2) is 5.56. The molecule has 5 nitrogen and oxygen atoms in total. The molecule has 3 N–H and O–H groups in total. The lowest BCUT2D eigenvalue weighted by Crippen LogP contribution is -2.18. The maximum atomic E-state index is 11.1. The standard InChI is InChI=1S/C16H23NO4/c1-16(2,3)12-7-10(21-4)6-11(14(12)18)13-5-9(8-17-13)15(19)20/h6-7,9,13,17-18H,5,8H2,1-4H3,(H,19,20). The van der Waals surface area contributed by atoms with Crippen LogP contribution in [-0.2, 0) is 10.2 Å². The van der Waals surface area contributed by atoms with Crippen LogP contribution in [0.2, 0.25) is 0 Å². The minimum Gasteiger partial charge on any atom is -0.507 e. The molecular weight excluding hydrogens is 270 g/mol. The van der Waals surface area contributed by atoms with Crippen LogP contribution in [-0.4, -0.2) is 29.8 Å². The Morgan fingerprint density at radius 3 is 2.52 bits per heavy atom. The summed E-state index contributed by atoms with van der Waals surface area (Å²) in [5.41, 5.74) is 1.29. The first-order chi connectivity index (χ1) is 9.74. The summed E-state index contributed by atoms with van der Waals surface area (Å²) < 4.78 is 5.32. The van der Waals surface area contributed by atoms with Crippen molar-refractivity contribution < 1.29 is 19.7 Å². The molecule has 0 aliphatic carbocycles. The smallest absolute Gasteiger partial charge is 0.307 e. The van der Waals surface area contributed by atoms with Crippen LogP contribution < -0.4 is 10.1 Å². The average molecular weight is 293 g/mol. The Hall–Kier alpha value is -1.75. The highest BCUT2D eigenvalue weighted by Crippen LogP contribution is 2.41. The van der Waals surface area contributed by atoms with Gasteiger partial charge in [0, 0.05) is 23.7 Å².